The third-order valence-electron chi connectivity index (χ3n) is 3.43. The fraction of sp³-hybridized carbons (Fsp3) is 0.889. The summed E-state index contributed by atoms with van der Waals surface area (Å²) in [6.45, 7) is 9.17. The molecule has 0 saturated carbocycles. The van der Waals surface area contributed by atoms with E-state index in [1.54, 1.807) is 7.05 Å². The molecule has 6 nitrogen and oxygen atoms in total. The molecule has 0 aromatic rings. The number of amides is 1. The maximum atomic E-state index is 11.9. The number of nitrogens with zero attached hydrogens (tertiary/aromatic N) is 1. The molecule has 0 saturated heterocycles. The average molecular weight is 503 g/mol. The molecule has 156 valence electrons. The lowest BCUT2D eigenvalue weighted by atomic mass is 10.1. The van der Waals surface area contributed by atoms with Crippen LogP contribution in [0.5, 0.6) is 0 Å². The zero-order valence-corrected chi connectivity index (χ0v) is 20.5. The molecule has 0 rings (SSSR count). The standard InChI is InChI=1S/C18H38N4O2S.HI/c1-7-8-11-15(14-21-17(23)24-18(2,3)4)22-16(19-5)20-12-9-10-13-25-6;/h15H,7-14H2,1-6H3,(H,21,23)(H2,19,20,22);1H. The van der Waals surface area contributed by atoms with Crippen LogP contribution in [0.15, 0.2) is 4.99 Å². The monoisotopic (exact) mass is 502 g/mol. The Balaban J connectivity index is 0. The van der Waals surface area contributed by atoms with Crippen LogP contribution in [0.25, 0.3) is 0 Å². The molecule has 0 aromatic heterocycles. The fourth-order valence-corrected chi connectivity index (χ4v) is 2.66. The Labute approximate surface area is 181 Å². The van der Waals surface area contributed by atoms with Gasteiger partial charge in [0.1, 0.15) is 5.60 Å². The van der Waals surface area contributed by atoms with Gasteiger partial charge in [-0.15, -0.1) is 24.0 Å². The first-order valence-electron chi connectivity index (χ1n) is 9.25. The Morgan fingerprint density at radius 1 is 1.19 bits per heavy atom. The van der Waals surface area contributed by atoms with Gasteiger partial charge in [-0.2, -0.15) is 11.8 Å². The fourth-order valence-electron chi connectivity index (χ4n) is 2.16. The molecule has 8 heteroatoms. The van der Waals surface area contributed by atoms with Crippen molar-refractivity contribution in [2.75, 3.05) is 32.1 Å². The number of guanidine groups is 1. The lowest BCUT2D eigenvalue weighted by Gasteiger charge is -2.24. The summed E-state index contributed by atoms with van der Waals surface area (Å²) >= 11 is 1.87. The predicted molar refractivity (Wildman–Crippen MR) is 125 cm³/mol. The lowest BCUT2D eigenvalue weighted by molar-refractivity contribution is 0.0523. The number of alkyl carbamates (subject to hydrolysis) is 1. The molecule has 3 N–H and O–H groups in total. The van der Waals surface area contributed by atoms with E-state index in [1.807, 2.05) is 32.5 Å². The van der Waals surface area contributed by atoms with E-state index in [0.29, 0.717) is 6.54 Å². The smallest absolute Gasteiger partial charge is 0.407 e. The van der Waals surface area contributed by atoms with Crippen molar-refractivity contribution in [1.29, 1.82) is 0 Å². The number of nitrogens with one attached hydrogen (secondary N) is 3. The number of hydrogen-bond donors (Lipinski definition) is 3. The molecule has 0 bridgehead atoms. The van der Waals surface area contributed by atoms with Crippen LogP contribution in [0.3, 0.4) is 0 Å². The third kappa shape index (κ3) is 17.1. The zero-order valence-electron chi connectivity index (χ0n) is 17.3. The van der Waals surface area contributed by atoms with Gasteiger partial charge >= 0.3 is 6.09 Å². The van der Waals surface area contributed by atoms with Gasteiger partial charge in [-0.05, 0) is 52.0 Å². The summed E-state index contributed by atoms with van der Waals surface area (Å²) in [5.41, 5.74) is -0.481. The van der Waals surface area contributed by atoms with Gasteiger partial charge in [0.25, 0.3) is 0 Å². The normalized spacial score (nSPS) is 12.8. The molecule has 0 aliphatic rings. The van der Waals surface area contributed by atoms with Gasteiger partial charge < -0.3 is 20.7 Å². The number of aliphatic imine (C=N–C) groups is 1. The van der Waals surface area contributed by atoms with Crippen molar-refractivity contribution in [3.8, 4) is 0 Å². The van der Waals surface area contributed by atoms with Crippen molar-refractivity contribution < 1.29 is 9.53 Å². The van der Waals surface area contributed by atoms with E-state index in [4.69, 9.17) is 4.74 Å². The van der Waals surface area contributed by atoms with E-state index in [9.17, 15) is 4.79 Å². The number of rotatable bonds is 11. The summed E-state index contributed by atoms with van der Waals surface area (Å²) < 4.78 is 5.30. The number of unbranched alkanes of at least 4 members (excludes halogenated alkanes) is 2. The van der Waals surface area contributed by atoms with Gasteiger partial charge in [-0.25, -0.2) is 4.79 Å². The van der Waals surface area contributed by atoms with E-state index < -0.39 is 5.60 Å². The highest BCUT2D eigenvalue weighted by molar-refractivity contribution is 14.0. The van der Waals surface area contributed by atoms with Crippen molar-refractivity contribution in [2.45, 2.75) is 71.4 Å². The Morgan fingerprint density at radius 2 is 1.88 bits per heavy atom. The summed E-state index contributed by atoms with van der Waals surface area (Å²) in [6.07, 6.45) is 7.26. The van der Waals surface area contributed by atoms with Gasteiger partial charge in [0.15, 0.2) is 5.96 Å². The van der Waals surface area contributed by atoms with Crippen LogP contribution in [0, 0.1) is 0 Å². The highest BCUT2D eigenvalue weighted by Gasteiger charge is 2.17. The first kappa shape index (κ1) is 27.8. The van der Waals surface area contributed by atoms with Gasteiger partial charge in [0.05, 0.1) is 0 Å². The minimum atomic E-state index is -0.481. The molecule has 0 spiro atoms. The van der Waals surface area contributed by atoms with Crippen LogP contribution in [0.4, 0.5) is 4.79 Å². The summed E-state index contributed by atoms with van der Waals surface area (Å²) in [7, 11) is 1.77. The van der Waals surface area contributed by atoms with Gasteiger partial charge in [0.2, 0.25) is 0 Å². The molecule has 1 unspecified atom stereocenters. The van der Waals surface area contributed by atoms with Crippen molar-refractivity contribution in [3.05, 3.63) is 0 Å². The van der Waals surface area contributed by atoms with Crippen LogP contribution < -0.4 is 16.0 Å². The molecule has 1 amide bonds. The topological polar surface area (TPSA) is 74.8 Å². The number of thioether (sulfide) groups is 1. The first-order chi connectivity index (χ1) is 11.8. The Bertz CT molecular complexity index is 390. The van der Waals surface area contributed by atoms with Crippen LogP contribution in [0.1, 0.15) is 59.8 Å². The van der Waals surface area contributed by atoms with Crippen LogP contribution in [0.2, 0.25) is 0 Å². The second-order valence-corrected chi connectivity index (χ2v) is 8.05. The maximum Gasteiger partial charge on any atom is 0.407 e. The van der Waals surface area contributed by atoms with E-state index in [-0.39, 0.29) is 36.1 Å². The third-order valence-corrected chi connectivity index (χ3v) is 4.13. The van der Waals surface area contributed by atoms with E-state index >= 15 is 0 Å². The number of carbonyl (C=O) groups excluding carboxylic acids is 1. The minimum absolute atomic E-state index is 0. The van der Waals surface area contributed by atoms with Crippen LogP contribution in [-0.2, 0) is 4.74 Å². The van der Waals surface area contributed by atoms with E-state index in [2.05, 4.69) is 34.1 Å². The molecular formula is C18H39IN4O2S. The second-order valence-electron chi connectivity index (χ2n) is 7.07. The molecule has 26 heavy (non-hydrogen) atoms. The SMILES string of the molecule is CCCCC(CNC(=O)OC(C)(C)C)NC(=NC)NCCCCSC.I. The van der Waals surface area contributed by atoms with E-state index in [0.717, 1.165) is 38.2 Å². The molecule has 0 heterocycles. The zero-order chi connectivity index (χ0) is 19.1. The van der Waals surface area contributed by atoms with Gasteiger partial charge in [-0.3, -0.25) is 4.99 Å². The summed E-state index contributed by atoms with van der Waals surface area (Å²) in [5, 5.41) is 9.61. The first-order valence-corrected chi connectivity index (χ1v) is 10.6. The molecule has 0 radical (unpaired) electrons. The largest absolute Gasteiger partial charge is 0.444 e. The molecule has 0 aliphatic heterocycles. The summed E-state index contributed by atoms with van der Waals surface area (Å²) in [4.78, 5) is 16.1. The lowest BCUT2D eigenvalue weighted by Crippen LogP contribution is -2.49. The van der Waals surface area contributed by atoms with Crippen molar-refractivity contribution >= 4 is 47.8 Å². The van der Waals surface area contributed by atoms with Gasteiger partial charge in [0, 0.05) is 26.2 Å². The Kier molecular flexibility index (Phi) is 18.0. The number of hydrogen-bond acceptors (Lipinski definition) is 4. The van der Waals surface area contributed by atoms with Crippen LogP contribution in [-0.4, -0.2) is 55.8 Å². The molecule has 0 aliphatic carbocycles. The Hall–Kier alpha value is -0.380. The van der Waals surface area contributed by atoms with E-state index in [1.165, 1.54) is 12.2 Å². The Morgan fingerprint density at radius 3 is 2.42 bits per heavy atom. The van der Waals surface area contributed by atoms with Gasteiger partial charge in [-0.1, -0.05) is 19.8 Å². The average Bonchev–Trinajstić information content (AvgIpc) is 2.53. The highest BCUT2D eigenvalue weighted by atomic mass is 127. The summed E-state index contributed by atoms with van der Waals surface area (Å²) in [6, 6.07) is 0.130. The van der Waals surface area contributed by atoms with Crippen molar-refractivity contribution in [1.82, 2.24) is 16.0 Å². The number of ether oxygens (including phenoxy) is 1. The number of halogens is 1. The molecule has 0 fully saturated rings. The second kappa shape index (κ2) is 16.8. The van der Waals surface area contributed by atoms with Crippen molar-refractivity contribution in [2.24, 2.45) is 4.99 Å². The molecule has 0 aromatic carbocycles. The van der Waals surface area contributed by atoms with Crippen LogP contribution >= 0.6 is 35.7 Å². The maximum absolute atomic E-state index is 11.9. The van der Waals surface area contributed by atoms with Crippen molar-refractivity contribution in [3.63, 3.8) is 0 Å². The molecular weight excluding hydrogens is 463 g/mol. The highest BCUT2D eigenvalue weighted by Crippen LogP contribution is 2.07. The quantitative estimate of drug-likeness (QED) is 0.172. The minimum Gasteiger partial charge on any atom is -0.444 e. The predicted octanol–water partition coefficient (Wildman–Crippen LogP) is 4.00. The summed E-state index contributed by atoms with van der Waals surface area (Å²) in [5.74, 6) is 1.98. The number of carbonyl (C=O) groups is 1. The molecule has 1 atom stereocenters.